The van der Waals surface area contributed by atoms with E-state index in [1.807, 2.05) is 38.1 Å². The fourth-order valence-electron chi connectivity index (χ4n) is 3.89. The molecule has 0 saturated heterocycles. The number of halogens is 2. The minimum absolute atomic E-state index is 0.0195. The Kier molecular flexibility index (Phi) is 4.94. The van der Waals surface area contributed by atoms with Crippen LogP contribution in [0.1, 0.15) is 46.1 Å². The van der Waals surface area contributed by atoms with Gasteiger partial charge in [-0.2, -0.15) is 5.10 Å². The monoisotopic (exact) mass is 442 g/mol. The molecule has 33 heavy (non-hydrogen) atoms. The number of nitrogens with zero attached hydrogens (tertiary/aromatic N) is 4. The van der Waals surface area contributed by atoms with Crippen molar-refractivity contribution in [2.75, 3.05) is 0 Å². The van der Waals surface area contributed by atoms with Gasteiger partial charge < -0.3 is 4.52 Å². The summed E-state index contributed by atoms with van der Waals surface area (Å²) in [7, 11) is 0. The maximum Gasteiger partial charge on any atom is 0.270 e. The van der Waals surface area contributed by atoms with Crippen LogP contribution in [0.2, 0.25) is 0 Å². The average molecular weight is 442 g/mol. The highest BCUT2D eigenvalue weighted by molar-refractivity contribution is 5.89. The molecular formula is C26H20F2N4O. The lowest BCUT2D eigenvalue weighted by Crippen LogP contribution is -2.07. The molecule has 0 atom stereocenters. The van der Waals surface area contributed by atoms with Gasteiger partial charge in [-0.25, -0.2) is 18.3 Å². The van der Waals surface area contributed by atoms with Gasteiger partial charge in [-0.1, -0.05) is 29.3 Å². The number of fused-ring (bicyclic) bond motifs is 2. The average Bonchev–Trinajstić information content (AvgIpc) is 3.40. The van der Waals surface area contributed by atoms with Gasteiger partial charge in [0.2, 0.25) is 0 Å². The van der Waals surface area contributed by atoms with Crippen molar-refractivity contribution in [2.24, 2.45) is 0 Å². The Balaban J connectivity index is 1.57. The number of benzene rings is 2. The van der Waals surface area contributed by atoms with Gasteiger partial charge in [-0.15, -0.1) is 0 Å². The fraction of sp³-hybridized carbons (Fsp3) is 0.192. The lowest BCUT2D eigenvalue weighted by molar-refractivity contribution is 0.0174. The third-order valence-corrected chi connectivity index (χ3v) is 5.74. The summed E-state index contributed by atoms with van der Waals surface area (Å²) in [5.74, 6) is 3.40. The predicted octanol–water partition coefficient (Wildman–Crippen LogP) is 5.59. The largest absolute Gasteiger partial charge is 0.355 e. The molecule has 0 unspecified atom stereocenters. The fourth-order valence-corrected chi connectivity index (χ4v) is 3.89. The molecule has 0 amide bonds. The number of hydrogen-bond donors (Lipinski definition) is 0. The normalized spacial score (nSPS) is 11.7. The highest BCUT2D eigenvalue weighted by Gasteiger charge is 2.24. The molecule has 0 aliphatic heterocycles. The Hall–Kier alpha value is -4.05. The Labute approximate surface area is 189 Å². The minimum atomic E-state index is -2.90. The van der Waals surface area contributed by atoms with Gasteiger partial charge >= 0.3 is 0 Å². The summed E-state index contributed by atoms with van der Waals surface area (Å²) in [6, 6.07) is 12.1. The molecular weight excluding hydrogens is 422 g/mol. The second-order valence-corrected chi connectivity index (χ2v) is 8.15. The SMILES string of the molecule is Cc1cc(C#Cc2cnc3cccnn23)c2onc(Cc3cccc(C(C)(F)F)c3)c2c1C. The van der Waals surface area contributed by atoms with Crippen LogP contribution < -0.4 is 0 Å². The molecule has 0 N–H and O–H groups in total. The van der Waals surface area contributed by atoms with Crippen LogP contribution in [0.5, 0.6) is 0 Å². The van der Waals surface area contributed by atoms with Crippen LogP contribution in [-0.2, 0) is 12.3 Å². The van der Waals surface area contributed by atoms with Crippen LogP contribution in [0.25, 0.3) is 16.6 Å². The summed E-state index contributed by atoms with van der Waals surface area (Å²) in [4.78, 5) is 4.31. The first-order valence-corrected chi connectivity index (χ1v) is 10.5. The van der Waals surface area contributed by atoms with Gasteiger partial charge in [-0.05, 0) is 60.7 Å². The molecule has 0 spiro atoms. The van der Waals surface area contributed by atoms with Crippen molar-refractivity contribution in [2.45, 2.75) is 33.1 Å². The summed E-state index contributed by atoms with van der Waals surface area (Å²) in [5.41, 5.74) is 6.15. The lowest BCUT2D eigenvalue weighted by Gasteiger charge is -2.11. The molecule has 7 heteroatoms. The quantitative estimate of drug-likeness (QED) is 0.342. The number of aryl methyl sites for hydroxylation is 2. The molecule has 5 aromatic rings. The smallest absolute Gasteiger partial charge is 0.270 e. The Morgan fingerprint density at radius 2 is 1.94 bits per heavy atom. The molecule has 3 heterocycles. The molecule has 0 fully saturated rings. The van der Waals surface area contributed by atoms with E-state index in [-0.39, 0.29) is 5.56 Å². The topological polar surface area (TPSA) is 56.2 Å². The van der Waals surface area contributed by atoms with Crippen LogP contribution in [0.15, 0.2) is 59.4 Å². The third-order valence-electron chi connectivity index (χ3n) is 5.74. The van der Waals surface area contributed by atoms with Crippen LogP contribution in [0.4, 0.5) is 8.78 Å². The highest BCUT2D eigenvalue weighted by atomic mass is 19.3. The predicted molar refractivity (Wildman–Crippen MR) is 121 cm³/mol. The van der Waals surface area contributed by atoms with Gasteiger partial charge in [0, 0.05) is 30.5 Å². The van der Waals surface area contributed by atoms with Crippen molar-refractivity contribution in [3.8, 4) is 11.8 Å². The first kappa shape index (κ1) is 20.8. The van der Waals surface area contributed by atoms with Gasteiger partial charge in [0.15, 0.2) is 11.2 Å². The first-order valence-electron chi connectivity index (χ1n) is 10.5. The third kappa shape index (κ3) is 3.85. The molecule has 0 aliphatic rings. The van der Waals surface area contributed by atoms with Crippen molar-refractivity contribution >= 4 is 16.6 Å². The summed E-state index contributed by atoms with van der Waals surface area (Å²) in [6.07, 6.45) is 3.74. The number of hydrogen-bond acceptors (Lipinski definition) is 4. The van der Waals surface area contributed by atoms with Gasteiger partial charge in [0.05, 0.1) is 17.5 Å². The van der Waals surface area contributed by atoms with Crippen molar-refractivity contribution in [3.63, 3.8) is 0 Å². The maximum atomic E-state index is 13.8. The summed E-state index contributed by atoms with van der Waals surface area (Å²) in [6.45, 7) is 4.90. The second kappa shape index (κ2) is 7.82. The molecule has 3 aromatic heterocycles. The van der Waals surface area contributed by atoms with Crippen LogP contribution in [0, 0.1) is 25.7 Å². The second-order valence-electron chi connectivity index (χ2n) is 8.15. The van der Waals surface area contributed by atoms with E-state index in [1.165, 1.54) is 12.1 Å². The molecule has 5 nitrogen and oxygen atoms in total. The zero-order chi connectivity index (χ0) is 23.2. The lowest BCUT2D eigenvalue weighted by atomic mass is 9.96. The van der Waals surface area contributed by atoms with Crippen LogP contribution in [0.3, 0.4) is 0 Å². The molecule has 0 radical (unpaired) electrons. The molecule has 164 valence electrons. The molecule has 5 rings (SSSR count). The highest BCUT2D eigenvalue weighted by Crippen LogP contribution is 2.31. The Bertz CT molecular complexity index is 1560. The summed E-state index contributed by atoms with van der Waals surface area (Å²) >= 11 is 0. The van der Waals surface area contributed by atoms with Gasteiger partial charge in [0.1, 0.15) is 5.69 Å². The van der Waals surface area contributed by atoms with E-state index in [2.05, 4.69) is 27.1 Å². The van der Waals surface area contributed by atoms with Gasteiger partial charge in [-0.3, -0.25) is 0 Å². The Morgan fingerprint density at radius 1 is 1.09 bits per heavy atom. The number of rotatable bonds is 3. The van der Waals surface area contributed by atoms with Crippen molar-refractivity contribution in [3.05, 3.63) is 94.1 Å². The number of alkyl halides is 2. The van der Waals surface area contributed by atoms with E-state index < -0.39 is 5.92 Å². The molecule has 2 aromatic carbocycles. The standard InChI is InChI=1S/C26H20F2N4O/c1-16-12-19(9-10-21-15-29-23-8-5-11-30-32(21)23)25-24(17(16)2)22(31-33-25)14-18-6-4-7-20(13-18)26(3,27)28/h4-8,11-13,15H,14H2,1-3H3. The van der Waals surface area contributed by atoms with Crippen LogP contribution >= 0.6 is 0 Å². The zero-order valence-electron chi connectivity index (χ0n) is 18.4. The first-order chi connectivity index (χ1) is 15.8. The maximum absolute atomic E-state index is 13.8. The van der Waals surface area contributed by atoms with E-state index in [9.17, 15) is 8.78 Å². The minimum Gasteiger partial charge on any atom is -0.355 e. The zero-order valence-corrected chi connectivity index (χ0v) is 18.4. The summed E-state index contributed by atoms with van der Waals surface area (Å²) in [5, 5.41) is 9.43. The van der Waals surface area contributed by atoms with Crippen LogP contribution in [-0.4, -0.2) is 19.8 Å². The van der Waals surface area contributed by atoms with E-state index in [4.69, 9.17) is 4.52 Å². The van der Waals surface area contributed by atoms with E-state index in [0.717, 1.165) is 29.0 Å². The molecule has 0 aliphatic carbocycles. The van der Waals surface area contributed by atoms with E-state index in [1.54, 1.807) is 23.0 Å². The van der Waals surface area contributed by atoms with Crippen molar-refractivity contribution in [1.82, 2.24) is 19.8 Å². The van der Waals surface area contributed by atoms with Crippen molar-refractivity contribution in [1.29, 1.82) is 0 Å². The van der Waals surface area contributed by atoms with E-state index >= 15 is 0 Å². The molecule has 0 bridgehead atoms. The van der Waals surface area contributed by atoms with Crippen molar-refractivity contribution < 1.29 is 13.3 Å². The number of aromatic nitrogens is 4. The number of imidazole rings is 1. The Morgan fingerprint density at radius 3 is 2.76 bits per heavy atom. The van der Waals surface area contributed by atoms with Gasteiger partial charge in [0.25, 0.3) is 5.92 Å². The summed E-state index contributed by atoms with van der Waals surface area (Å²) < 4.78 is 34.9. The molecule has 0 saturated carbocycles. The van der Waals surface area contributed by atoms with E-state index in [0.29, 0.717) is 34.6 Å².